The molecular formula is C60H36N4. The molecule has 64 heavy (non-hydrogen) atoms. The number of benzene rings is 10. The van der Waals surface area contributed by atoms with E-state index in [1.165, 1.54) is 38.6 Å². The van der Waals surface area contributed by atoms with Gasteiger partial charge < -0.3 is 0 Å². The maximum Gasteiger partial charge on any atom is 0.164 e. The quantitative estimate of drug-likeness (QED) is 0.161. The van der Waals surface area contributed by atoms with E-state index in [-0.39, 0.29) is 0 Å². The zero-order valence-corrected chi connectivity index (χ0v) is 34.6. The van der Waals surface area contributed by atoms with Crippen LogP contribution in [-0.2, 0) is 0 Å². The number of rotatable bonds is 7. The molecule has 0 fully saturated rings. The number of fused-ring (bicyclic) bond motifs is 4. The first-order valence-electron chi connectivity index (χ1n) is 21.5. The van der Waals surface area contributed by atoms with Gasteiger partial charge in [0.1, 0.15) is 0 Å². The van der Waals surface area contributed by atoms with Crippen LogP contribution in [0.2, 0.25) is 0 Å². The molecule has 1 aliphatic rings. The lowest BCUT2D eigenvalue weighted by Crippen LogP contribution is -2.00. The molecular weight excluding hydrogens is 777 g/mol. The Balaban J connectivity index is 0.903. The van der Waals surface area contributed by atoms with Crippen LogP contribution in [0.5, 0.6) is 0 Å². The standard InChI is InChI=1S/C60H36N4/c61-37-38-32-47(40-24-27-42(28-25-40)59-62-58(41-13-2-1-3-14-41)63-60(64-59)46-29-26-39-12-4-5-15-43(39)34-46)36-48(33-38)50-19-7-6-18-49(50)44-16-10-17-45(35-44)51-30-31-56-53-21-9-8-20-52(53)55-23-11-22-54(51)57(55)56/h1-36H. The van der Waals surface area contributed by atoms with Crippen molar-refractivity contribution >= 4 is 21.5 Å². The Kier molecular flexibility index (Phi) is 8.84. The van der Waals surface area contributed by atoms with E-state index in [2.05, 4.69) is 170 Å². The van der Waals surface area contributed by atoms with Gasteiger partial charge in [-0.1, -0.05) is 188 Å². The van der Waals surface area contributed by atoms with E-state index in [1.54, 1.807) is 0 Å². The summed E-state index contributed by atoms with van der Waals surface area (Å²) in [5, 5.41) is 15.2. The zero-order valence-electron chi connectivity index (χ0n) is 34.6. The SMILES string of the molecule is N#Cc1cc(-c2ccc(-c3nc(-c4ccccc4)nc(-c4ccc5ccccc5c4)n3)cc2)cc(-c2ccccc2-c2cccc(-c3ccc4c5c(cccc35)-c3ccccc3-4)c2)c1. The van der Waals surface area contributed by atoms with E-state index >= 15 is 0 Å². The van der Waals surface area contributed by atoms with E-state index < -0.39 is 0 Å². The van der Waals surface area contributed by atoms with Crippen LogP contribution in [0, 0.1) is 11.3 Å². The topological polar surface area (TPSA) is 62.5 Å². The largest absolute Gasteiger partial charge is 0.208 e. The van der Waals surface area contributed by atoms with Gasteiger partial charge in [0, 0.05) is 16.7 Å². The molecule has 0 N–H and O–H groups in total. The molecule has 0 amide bonds. The van der Waals surface area contributed by atoms with Crippen LogP contribution in [0.15, 0.2) is 218 Å². The highest BCUT2D eigenvalue weighted by Gasteiger charge is 2.22. The van der Waals surface area contributed by atoms with Gasteiger partial charge in [0.05, 0.1) is 11.6 Å². The van der Waals surface area contributed by atoms with Crippen molar-refractivity contribution in [3.63, 3.8) is 0 Å². The Labute approximate surface area is 371 Å². The van der Waals surface area contributed by atoms with Gasteiger partial charge in [-0.25, -0.2) is 15.0 Å². The molecule has 296 valence electrons. The summed E-state index contributed by atoms with van der Waals surface area (Å²) in [4.78, 5) is 15.0. The van der Waals surface area contributed by atoms with Crippen molar-refractivity contribution < 1.29 is 0 Å². The summed E-state index contributed by atoms with van der Waals surface area (Å²) in [6, 6.07) is 78.8. The summed E-state index contributed by atoms with van der Waals surface area (Å²) < 4.78 is 0. The number of hydrogen-bond donors (Lipinski definition) is 0. The lowest BCUT2D eigenvalue weighted by molar-refractivity contribution is 1.07. The zero-order chi connectivity index (χ0) is 42.6. The molecule has 4 heteroatoms. The fraction of sp³-hybridized carbons (Fsp3) is 0. The highest BCUT2D eigenvalue weighted by molar-refractivity contribution is 6.18. The van der Waals surface area contributed by atoms with E-state index in [9.17, 15) is 5.26 Å². The summed E-state index contributed by atoms with van der Waals surface area (Å²) in [5.74, 6) is 1.82. The van der Waals surface area contributed by atoms with Crippen LogP contribution in [0.4, 0.5) is 0 Å². The molecule has 0 saturated heterocycles. The number of aromatic nitrogens is 3. The van der Waals surface area contributed by atoms with Crippen molar-refractivity contribution in [1.82, 2.24) is 15.0 Å². The fourth-order valence-electron chi connectivity index (χ4n) is 9.41. The summed E-state index contributed by atoms with van der Waals surface area (Å²) >= 11 is 0. The third-order valence-corrected chi connectivity index (χ3v) is 12.5. The highest BCUT2D eigenvalue weighted by atomic mass is 15.0. The minimum Gasteiger partial charge on any atom is -0.208 e. The molecule has 1 aromatic heterocycles. The van der Waals surface area contributed by atoms with Crippen LogP contribution in [0.25, 0.3) is 122 Å². The minimum absolute atomic E-state index is 0.591. The first-order chi connectivity index (χ1) is 31.6. The van der Waals surface area contributed by atoms with Gasteiger partial charge in [-0.2, -0.15) is 5.26 Å². The van der Waals surface area contributed by atoms with Crippen molar-refractivity contribution in [2.45, 2.75) is 0 Å². The van der Waals surface area contributed by atoms with Gasteiger partial charge in [0.2, 0.25) is 0 Å². The third kappa shape index (κ3) is 6.43. The molecule has 0 bridgehead atoms. The van der Waals surface area contributed by atoms with Crippen molar-refractivity contribution in [1.29, 1.82) is 5.26 Å². The second-order valence-electron chi connectivity index (χ2n) is 16.3. The molecule has 10 aromatic carbocycles. The van der Waals surface area contributed by atoms with Gasteiger partial charge in [0.25, 0.3) is 0 Å². The Morgan fingerprint density at radius 2 is 0.766 bits per heavy atom. The minimum atomic E-state index is 0.591. The van der Waals surface area contributed by atoms with Crippen LogP contribution in [0.1, 0.15) is 5.56 Å². The van der Waals surface area contributed by atoms with Crippen LogP contribution >= 0.6 is 0 Å². The molecule has 0 saturated carbocycles. The second-order valence-corrected chi connectivity index (χ2v) is 16.3. The molecule has 4 nitrogen and oxygen atoms in total. The van der Waals surface area contributed by atoms with Crippen LogP contribution < -0.4 is 0 Å². The summed E-state index contributed by atoms with van der Waals surface area (Å²) in [7, 11) is 0. The smallest absolute Gasteiger partial charge is 0.164 e. The lowest BCUT2D eigenvalue weighted by Gasteiger charge is -2.15. The third-order valence-electron chi connectivity index (χ3n) is 12.5. The van der Waals surface area contributed by atoms with E-state index in [0.29, 0.717) is 23.0 Å². The van der Waals surface area contributed by atoms with Gasteiger partial charge in [0.15, 0.2) is 17.5 Å². The molecule has 0 spiro atoms. The molecule has 0 radical (unpaired) electrons. The summed E-state index contributed by atoms with van der Waals surface area (Å²) in [6.45, 7) is 0. The summed E-state index contributed by atoms with van der Waals surface area (Å²) in [5.41, 5.74) is 17.1. The summed E-state index contributed by atoms with van der Waals surface area (Å²) in [6.07, 6.45) is 0. The van der Waals surface area contributed by atoms with Crippen LogP contribution in [0.3, 0.4) is 0 Å². The number of hydrogen-bond acceptors (Lipinski definition) is 4. The Morgan fingerprint density at radius 3 is 1.50 bits per heavy atom. The number of nitriles is 1. The predicted molar refractivity (Wildman–Crippen MR) is 262 cm³/mol. The maximum atomic E-state index is 10.3. The maximum absolute atomic E-state index is 10.3. The molecule has 11 aromatic rings. The lowest BCUT2D eigenvalue weighted by atomic mass is 9.89. The molecule has 1 heterocycles. The van der Waals surface area contributed by atoms with Gasteiger partial charge in [-0.05, 0) is 119 Å². The molecule has 0 unspecified atom stereocenters. The van der Waals surface area contributed by atoms with Crippen molar-refractivity contribution in [3.8, 4) is 107 Å². The van der Waals surface area contributed by atoms with Crippen molar-refractivity contribution in [2.24, 2.45) is 0 Å². The highest BCUT2D eigenvalue weighted by Crippen LogP contribution is 2.49. The molecule has 12 rings (SSSR count). The monoisotopic (exact) mass is 812 g/mol. The van der Waals surface area contributed by atoms with Crippen LogP contribution in [-0.4, -0.2) is 15.0 Å². The van der Waals surface area contributed by atoms with E-state index in [0.717, 1.165) is 66.4 Å². The van der Waals surface area contributed by atoms with Gasteiger partial charge in [-0.15, -0.1) is 0 Å². The Hall–Kier alpha value is -8.78. The van der Waals surface area contributed by atoms with Gasteiger partial charge >= 0.3 is 0 Å². The molecule has 0 atom stereocenters. The van der Waals surface area contributed by atoms with Crippen molar-refractivity contribution in [3.05, 3.63) is 224 Å². The number of nitrogens with zero attached hydrogens (tertiary/aromatic N) is 4. The molecule has 1 aliphatic carbocycles. The van der Waals surface area contributed by atoms with E-state index in [1.807, 2.05) is 54.6 Å². The first kappa shape index (κ1) is 37.0. The van der Waals surface area contributed by atoms with Crippen molar-refractivity contribution in [2.75, 3.05) is 0 Å². The second kappa shape index (κ2) is 15.3. The average Bonchev–Trinajstić information content (AvgIpc) is 3.71. The Morgan fingerprint density at radius 1 is 0.281 bits per heavy atom. The average molecular weight is 813 g/mol. The van der Waals surface area contributed by atoms with E-state index in [4.69, 9.17) is 15.0 Å². The Bertz CT molecular complexity index is 3650. The molecule has 0 aliphatic heterocycles. The predicted octanol–water partition coefficient (Wildman–Crippen LogP) is 15.4. The van der Waals surface area contributed by atoms with Gasteiger partial charge in [-0.3, -0.25) is 0 Å². The normalized spacial score (nSPS) is 11.4. The first-order valence-corrected chi connectivity index (χ1v) is 21.5. The fourth-order valence-corrected chi connectivity index (χ4v) is 9.41.